The lowest BCUT2D eigenvalue weighted by atomic mass is 10.0. The largest absolute Gasteiger partial charge is 0.463 e. The Balaban J connectivity index is 2.32. The zero-order valence-electron chi connectivity index (χ0n) is 9.04. The summed E-state index contributed by atoms with van der Waals surface area (Å²) in [6, 6.07) is 10.1. The van der Waals surface area contributed by atoms with Crippen molar-refractivity contribution in [3.63, 3.8) is 0 Å². The van der Waals surface area contributed by atoms with Crippen LogP contribution in [0.1, 0.15) is 0 Å². The van der Waals surface area contributed by atoms with Crippen molar-refractivity contribution in [3.05, 3.63) is 45.7 Å². The number of hydrogen-bond acceptors (Lipinski definition) is 2. The zero-order chi connectivity index (χ0) is 12.3. The molecule has 2 nitrogen and oxygen atoms in total. The van der Waals surface area contributed by atoms with Crippen molar-refractivity contribution in [2.45, 2.75) is 0 Å². The molecule has 0 N–H and O–H groups in total. The fraction of sp³-hybridized carbons (Fsp3) is 0. The van der Waals surface area contributed by atoms with Crippen LogP contribution in [0.25, 0.3) is 32.7 Å². The molecule has 0 fully saturated rings. The van der Waals surface area contributed by atoms with E-state index in [-0.39, 0.29) is 0 Å². The topological polar surface area (TPSA) is 26.3 Å². The maximum Gasteiger partial charge on any atom is 0.170 e. The normalized spacial score (nSPS) is 11.9. The van der Waals surface area contributed by atoms with E-state index in [1.54, 1.807) is 6.26 Å². The summed E-state index contributed by atoms with van der Waals surface area (Å²) < 4.78 is 12.8. The molecule has 0 saturated heterocycles. The molecule has 0 aliphatic carbocycles. The third kappa shape index (κ3) is 1.33. The molecule has 0 amide bonds. The Labute approximate surface area is 119 Å². The van der Waals surface area contributed by atoms with Crippen molar-refractivity contribution in [1.82, 2.24) is 0 Å². The van der Waals surface area contributed by atoms with Crippen molar-refractivity contribution < 1.29 is 8.83 Å². The van der Waals surface area contributed by atoms with Crippen LogP contribution in [0.2, 0.25) is 0 Å². The van der Waals surface area contributed by atoms with Gasteiger partial charge in [-0.1, -0.05) is 0 Å². The summed E-state index contributed by atoms with van der Waals surface area (Å²) in [6.45, 7) is 0. The van der Waals surface area contributed by atoms with Crippen molar-refractivity contribution in [1.29, 1.82) is 0 Å². The molecular formula is C14H6Br2O2. The molecule has 0 unspecified atom stereocenters. The van der Waals surface area contributed by atoms with Crippen LogP contribution in [0.3, 0.4) is 0 Å². The van der Waals surface area contributed by atoms with Crippen LogP contribution in [0.5, 0.6) is 0 Å². The van der Waals surface area contributed by atoms with E-state index in [4.69, 9.17) is 8.83 Å². The molecule has 0 atom stereocenters. The zero-order valence-corrected chi connectivity index (χ0v) is 12.2. The van der Waals surface area contributed by atoms with Gasteiger partial charge in [-0.3, -0.25) is 0 Å². The molecule has 4 heteroatoms. The maximum atomic E-state index is 5.58. The molecule has 0 bridgehead atoms. The molecule has 0 saturated carbocycles. The van der Waals surface area contributed by atoms with Gasteiger partial charge in [-0.05, 0) is 73.0 Å². The van der Waals surface area contributed by atoms with Crippen LogP contribution in [0.15, 0.2) is 54.6 Å². The van der Waals surface area contributed by atoms with Gasteiger partial charge in [0, 0.05) is 10.8 Å². The second-order valence-corrected chi connectivity index (χ2v) is 5.78. The molecule has 0 radical (unpaired) electrons. The van der Waals surface area contributed by atoms with Gasteiger partial charge in [-0.15, -0.1) is 0 Å². The molecule has 88 valence electrons. The van der Waals surface area contributed by atoms with Gasteiger partial charge in [0.1, 0.15) is 17.4 Å². The molecule has 0 aliphatic heterocycles. The Bertz CT molecular complexity index is 902. The van der Waals surface area contributed by atoms with Crippen LogP contribution in [0, 0.1) is 0 Å². The lowest BCUT2D eigenvalue weighted by molar-refractivity contribution is 0.587. The highest BCUT2D eigenvalue weighted by molar-refractivity contribution is 9.10. The predicted octanol–water partition coefficient (Wildman–Crippen LogP) is 5.86. The summed E-state index contributed by atoms with van der Waals surface area (Å²) >= 11 is 6.90. The van der Waals surface area contributed by atoms with Crippen LogP contribution in [0.4, 0.5) is 0 Å². The van der Waals surface area contributed by atoms with E-state index in [0.717, 1.165) is 41.9 Å². The molecule has 4 rings (SSSR count). The highest BCUT2D eigenvalue weighted by Gasteiger charge is 2.11. The highest BCUT2D eigenvalue weighted by Crippen LogP contribution is 2.37. The number of hydrogen-bond donors (Lipinski definition) is 0. The molecule has 2 aromatic heterocycles. The standard InChI is InChI=1S/C14H6Br2O2/c15-10-6-17-12-4-1-7-8(14(10)12)2-3-11-9(7)5-13(16)18-11/h1-6H. The lowest BCUT2D eigenvalue weighted by Gasteiger charge is -2.00. The first-order chi connectivity index (χ1) is 8.74. The number of furan rings is 2. The fourth-order valence-electron chi connectivity index (χ4n) is 2.39. The Morgan fingerprint density at radius 3 is 2.50 bits per heavy atom. The molecule has 0 aliphatic rings. The average Bonchev–Trinajstić information content (AvgIpc) is 2.91. The third-order valence-corrected chi connectivity index (χ3v) is 4.13. The van der Waals surface area contributed by atoms with Crippen LogP contribution in [-0.2, 0) is 0 Å². The van der Waals surface area contributed by atoms with Crippen LogP contribution in [-0.4, -0.2) is 0 Å². The predicted molar refractivity (Wildman–Crippen MR) is 78.9 cm³/mol. The van der Waals surface area contributed by atoms with Crippen LogP contribution < -0.4 is 0 Å². The Morgan fingerprint density at radius 1 is 0.833 bits per heavy atom. The minimum Gasteiger partial charge on any atom is -0.463 e. The smallest absolute Gasteiger partial charge is 0.170 e. The van der Waals surface area contributed by atoms with Gasteiger partial charge in [-0.25, -0.2) is 0 Å². The third-order valence-electron chi connectivity index (χ3n) is 3.16. The minimum absolute atomic E-state index is 0.747. The first kappa shape index (κ1) is 10.6. The summed E-state index contributed by atoms with van der Waals surface area (Å²) in [5, 5.41) is 4.53. The second kappa shape index (κ2) is 3.62. The van der Waals surface area contributed by atoms with E-state index in [1.165, 1.54) is 0 Å². The maximum absolute atomic E-state index is 5.58. The number of rotatable bonds is 0. The monoisotopic (exact) mass is 364 g/mol. The summed E-state index contributed by atoms with van der Waals surface area (Å²) in [5.41, 5.74) is 1.77. The fourth-order valence-corrected chi connectivity index (χ4v) is 3.30. The molecule has 18 heavy (non-hydrogen) atoms. The molecule has 0 spiro atoms. The van der Waals surface area contributed by atoms with E-state index >= 15 is 0 Å². The Kier molecular flexibility index (Phi) is 2.14. The van der Waals surface area contributed by atoms with Gasteiger partial charge in [0.05, 0.1) is 4.47 Å². The van der Waals surface area contributed by atoms with Gasteiger partial charge in [-0.2, -0.15) is 0 Å². The van der Waals surface area contributed by atoms with E-state index in [1.807, 2.05) is 18.2 Å². The van der Waals surface area contributed by atoms with Crippen molar-refractivity contribution in [3.8, 4) is 0 Å². The SMILES string of the molecule is Brc1cc2c(ccc3c2ccc2occ(Br)c23)o1. The first-order valence-electron chi connectivity index (χ1n) is 5.41. The lowest BCUT2D eigenvalue weighted by Crippen LogP contribution is -1.75. The quantitative estimate of drug-likeness (QED) is 0.390. The molecular weight excluding hydrogens is 360 g/mol. The highest BCUT2D eigenvalue weighted by atomic mass is 79.9. The van der Waals surface area contributed by atoms with E-state index < -0.39 is 0 Å². The van der Waals surface area contributed by atoms with E-state index in [0.29, 0.717) is 0 Å². The van der Waals surface area contributed by atoms with Gasteiger partial charge < -0.3 is 8.83 Å². The second-order valence-electron chi connectivity index (χ2n) is 4.15. The van der Waals surface area contributed by atoms with Gasteiger partial charge >= 0.3 is 0 Å². The van der Waals surface area contributed by atoms with Gasteiger partial charge in [0.25, 0.3) is 0 Å². The number of benzene rings is 2. The van der Waals surface area contributed by atoms with Gasteiger partial charge in [0.15, 0.2) is 4.67 Å². The molecule has 2 heterocycles. The van der Waals surface area contributed by atoms with Crippen molar-refractivity contribution >= 4 is 64.6 Å². The van der Waals surface area contributed by atoms with Crippen LogP contribution >= 0.6 is 31.9 Å². The minimum atomic E-state index is 0.747. The summed E-state index contributed by atoms with van der Waals surface area (Å²) in [5.74, 6) is 0. The number of fused-ring (bicyclic) bond motifs is 5. The van der Waals surface area contributed by atoms with E-state index in [9.17, 15) is 0 Å². The Morgan fingerprint density at radius 2 is 1.61 bits per heavy atom. The molecule has 4 aromatic rings. The average molecular weight is 366 g/mol. The summed E-state index contributed by atoms with van der Waals surface area (Å²) in [7, 11) is 0. The van der Waals surface area contributed by atoms with Crippen molar-refractivity contribution in [2.75, 3.05) is 0 Å². The Hall–Kier alpha value is -1.26. The van der Waals surface area contributed by atoms with Gasteiger partial charge in [0.2, 0.25) is 0 Å². The summed E-state index contributed by atoms with van der Waals surface area (Å²) in [6.07, 6.45) is 1.72. The molecule has 2 aromatic carbocycles. The summed E-state index contributed by atoms with van der Waals surface area (Å²) in [4.78, 5) is 0. The number of halogens is 2. The first-order valence-corrected chi connectivity index (χ1v) is 7.00. The van der Waals surface area contributed by atoms with Crippen molar-refractivity contribution in [2.24, 2.45) is 0 Å². The van der Waals surface area contributed by atoms with E-state index in [2.05, 4.69) is 44.0 Å².